The van der Waals surface area contributed by atoms with Gasteiger partial charge in [0, 0.05) is 0 Å². The van der Waals surface area contributed by atoms with Gasteiger partial charge in [0.05, 0.1) is 5.92 Å². The van der Waals surface area contributed by atoms with Crippen molar-refractivity contribution >= 4 is 5.97 Å². The Morgan fingerprint density at radius 1 is 1.77 bits per heavy atom. The number of carboxylic acids is 1. The third kappa shape index (κ3) is 2.58. The van der Waals surface area contributed by atoms with Gasteiger partial charge in [-0.25, -0.2) is 0 Å². The molecule has 0 radical (unpaired) electrons. The molecule has 1 aliphatic rings. The maximum Gasteiger partial charge on any atom is 0.310 e. The molecular formula is C11H18O2. The summed E-state index contributed by atoms with van der Waals surface area (Å²) in [5, 5.41) is 8.85. The van der Waals surface area contributed by atoms with Crippen LogP contribution < -0.4 is 0 Å². The minimum absolute atomic E-state index is 0.283. The lowest BCUT2D eigenvalue weighted by molar-refractivity contribution is -0.139. The third-order valence-electron chi connectivity index (χ3n) is 2.94. The van der Waals surface area contributed by atoms with Crippen LogP contribution in [-0.4, -0.2) is 11.1 Å². The van der Waals surface area contributed by atoms with E-state index in [2.05, 4.69) is 13.0 Å². The van der Waals surface area contributed by atoms with Crippen LogP contribution in [0.2, 0.25) is 0 Å². The van der Waals surface area contributed by atoms with Crippen molar-refractivity contribution < 1.29 is 9.90 Å². The number of rotatable bonds is 3. The molecule has 13 heavy (non-hydrogen) atoms. The van der Waals surface area contributed by atoms with Crippen molar-refractivity contribution in [3.05, 3.63) is 11.6 Å². The van der Waals surface area contributed by atoms with E-state index in [0.29, 0.717) is 5.92 Å². The summed E-state index contributed by atoms with van der Waals surface area (Å²) in [6, 6.07) is 0. The number of allylic oxidation sites excluding steroid dienone is 1. The molecule has 0 saturated carbocycles. The molecule has 0 aromatic carbocycles. The van der Waals surface area contributed by atoms with Gasteiger partial charge in [-0.3, -0.25) is 4.79 Å². The molecule has 1 N–H and O–H groups in total. The Kier molecular flexibility index (Phi) is 3.52. The van der Waals surface area contributed by atoms with E-state index < -0.39 is 5.97 Å². The highest BCUT2D eigenvalue weighted by atomic mass is 16.4. The molecule has 0 heterocycles. The van der Waals surface area contributed by atoms with Crippen molar-refractivity contribution in [1.29, 1.82) is 0 Å². The van der Waals surface area contributed by atoms with Gasteiger partial charge in [-0.2, -0.15) is 0 Å². The highest BCUT2D eigenvalue weighted by molar-refractivity contribution is 5.73. The maximum atomic E-state index is 10.8. The fourth-order valence-corrected chi connectivity index (χ4v) is 1.88. The second-order valence-electron chi connectivity index (χ2n) is 3.86. The minimum Gasteiger partial charge on any atom is -0.481 e. The first-order chi connectivity index (χ1) is 6.15. The van der Waals surface area contributed by atoms with Crippen LogP contribution in [0.3, 0.4) is 0 Å². The molecule has 2 atom stereocenters. The van der Waals surface area contributed by atoms with E-state index in [1.165, 1.54) is 6.42 Å². The topological polar surface area (TPSA) is 37.3 Å². The molecule has 1 aliphatic carbocycles. The second-order valence-corrected chi connectivity index (χ2v) is 3.86. The number of hydrogen-bond acceptors (Lipinski definition) is 1. The highest BCUT2D eigenvalue weighted by Crippen LogP contribution is 2.29. The second kappa shape index (κ2) is 4.45. The summed E-state index contributed by atoms with van der Waals surface area (Å²) < 4.78 is 0. The van der Waals surface area contributed by atoms with Crippen LogP contribution in [-0.2, 0) is 4.79 Å². The van der Waals surface area contributed by atoms with Gasteiger partial charge >= 0.3 is 5.97 Å². The van der Waals surface area contributed by atoms with Crippen molar-refractivity contribution in [2.24, 2.45) is 11.8 Å². The average Bonchev–Trinajstić information content (AvgIpc) is 2.16. The summed E-state index contributed by atoms with van der Waals surface area (Å²) in [5.74, 6) is -0.358. The molecule has 0 aromatic heterocycles. The van der Waals surface area contributed by atoms with Gasteiger partial charge in [-0.05, 0) is 38.5 Å². The van der Waals surface area contributed by atoms with Gasteiger partial charge in [0.2, 0.25) is 0 Å². The molecular weight excluding hydrogens is 164 g/mol. The number of carboxylic acid groups (broad SMARTS) is 1. The Bertz CT molecular complexity index is 218. The predicted octanol–water partition coefficient (Wildman–Crippen LogP) is 2.84. The molecule has 0 aromatic rings. The number of hydrogen-bond donors (Lipinski definition) is 1. The van der Waals surface area contributed by atoms with E-state index in [1.54, 1.807) is 6.92 Å². The molecule has 0 fully saturated rings. The van der Waals surface area contributed by atoms with Crippen molar-refractivity contribution in [2.75, 3.05) is 0 Å². The fraction of sp³-hybridized carbons (Fsp3) is 0.727. The fourth-order valence-electron chi connectivity index (χ4n) is 1.88. The summed E-state index contributed by atoms with van der Waals surface area (Å²) in [7, 11) is 0. The Morgan fingerprint density at radius 2 is 2.46 bits per heavy atom. The monoisotopic (exact) mass is 182 g/mol. The van der Waals surface area contributed by atoms with Gasteiger partial charge in [0.15, 0.2) is 0 Å². The molecule has 0 spiro atoms. The van der Waals surface area contributed by atoms with E-state index in [-0.39, 0.29) is 5.92 Å². The third-order valence-corrected chi connectivity index (χ3v) is 2.94. The normalized spacial score (nSPS) is 25.1. The average molecular weight is 182 g/mol. The van der Waals surface area contributed by atoms with Gasteiger partial charge < -0.3 is 5.11 Å². The van der Waals surface area contributed by atoms with Crippen molar-refractivity contribution in [3.63, 3.8) is 0 Å². The predicted molar refractivity (Wildman–Crippen MR) is 52.5 cm³/mol. The molecule has 2 nitrogen and oxygen atoms in total. The molecule has 0 saturated heterocycles. The van der Waals surface area contributed by atoms with E-state index >= 15 is 0 Å². The summed E-state index contributed by atoms with van der Waals surface area (Å²) in [6.45, 7) is 3.95. The first kappa shape index (κ1) is 10.3. The Labute approximate surface area is 79.6 Å². The lowest BCUT2D eigenvalue weighted by Gasteiger charge is -2.22. The SMILES string of the molecule is CCC1C=C(C(C)C(=O)O)CCC1. The minimum atomic E-state index is -0.692. The molecule has 74 valence electrons. The summed E-state index contributed by atoms with van der Waals surface area (Å²) in [5.41, 5.74) is 1.13. The van der Waals surface area contributed by atoms with Gasteiger partial charge in [0.25, 0.3) is 0 Å². The Balaban J connectivity index is 2.67. The standard InChI is InChI=1S/C11H18O2/c1-3-9-5-4-6-10(7-9)8(2)11(12)13/h7-9H,3-6H2,1-2H3,(H,12,13). The molecule has 0 bridgehead atoms. The maximum absolute atomic E-state index is 10.8. The van der Waals surface area contributed by atoms with Crippen LogP contribution >= 0.6 is 0 Å². The van der Waals surface area contributed by atoms with E-state index in [4.69, 9.17) is 5.11 Å². The van der Waals surface area contributed by atoms with Crippen molar-refractivity contribution in [3.8, 4) is 0 Å². The van der Waals surface area contributed by atoms with Crippen LogP contribution in [0.25, 0.3) is 0 Å². The molecule has 1 rings (SSSR count). The van der Waals surface area contributed by atoms with E-state index in [9.17, 15) is 4.79 Å². The molecule has 0 aliphatic heterocycles. The van der Waals surface area contributed by atoms with Gasteiger partial charge in [-0.1, -0.05) is 18.6 Å². The first-order valence-corrected chi connectivity index (χ1v) is 5.08. The van der Waals surface area contributed by atoms with Crippen LogP contribution in [0, 0.1) is 11.8 Å². The van der Waals surface area contributed by atoms with E-state index in [0.717, 1.165) is 24.8 Å². The summed E-state index contributed by atoms with van der Waals surface area (Å²) in [6.07, 6.45) is 6.68. The van der Waals surface area contributed by atoms with Crippen LogP contribution in [0.5, 0.6) is 0 Å². The van der Waals surface area contributed by atoms with E-state index in [1.807, 2.05) is 0 Å². The molecule has 2 unspecified atom stereocenters. The van der Waals surface area contributed by atoms with Crippen LogP contribution in [0.15, 0.2) is 11.6 Å². The Morgan fingerprint density at radius 3 is 3.00 bits per heavy atom. The van der Waals surface area contributed by atoms with Gasteiger partial charge in [-0.15, -0.1) is 0 Å². The summed E-state index contributed by atoms with van der Waals surface area (Å²) in [4.78, 5) is 10.8. The first-order valence-electron chi connectivity index (χ1n) is 5.08. The lowest BCUT2D eigenvalue weighted by Crippen LogP contribution is -2.16. The molecule has 0 amide bonds. The van der Waals surface area contributed by atoms with Gasteiger partial charge in [0.1, 0.15) is 0 Å². The molecule has 2 heteroatoms. The largest absolute Gasteiger partial charge is 0.481 e. The van der Waals surface area contributed by atoms with Crippen LogP contribution in [0.4, 0.5) is 0 Å². The van der Waals surface area contributed by atoms with Crippen LogP contribution in [0.1, 0.15) is 39.5 Å². The lowest BCUT2D eigenvalue weighted by atomic mass is 9.84. The van der Waals surface area contributed by atoms with Crippen molar-refractivity contribution in [2.45, 2.75) is 39.5 Å². The Hall–Kier alpha value is -0.790. The zero-order valence-corrected chi connectivity index (χ0v) is 8.42. The quantitative estimate of drug-likeness (QED) is 0.681. The zero-order valence-electron chi connectivity index (χ0n) is 8.42. The smallest absolute Gasteiger partial charge is 0.310 e. The number of aliphatic carboxylic acids is 1. The highest BCUT2D eigenvalue weighted by Gasteiger charge is 2.20. The van der Waals surface area contributed by atoms with Crippen molar-refractivity contribution in [1.82, 2.24) is 0 Å². The zero-order chi connectivity index (χ0) is 9.84. The summed E-state index contributed by atoms with van der Waals surface area (Å²) >= 11 is 0. The number of carbonyl (C=O) groups is 1.